The number of amides is 2. The zero-order valence-corrected chi connectivity index (χ0v) is 22.3. The van der Waals surface area contributed by atoms with E-state index >= 15 is 0 Å². The number of rotatable bonds is 12. The minimum absolute atomic E-state index is 0.0492. The number of benzene rings is 2. The van der Waals surface area contributed by atoms with E-state index in [1.807, 2.05) is 45.0 Å². The van der Waals surface area contributed by atoms with E-state index in [4.69, 9.17) is 4.74 Å². The Hall–Kier alpha value is -3.07. The van der Waals surface area contributed by atoms with Gasteiger partial charge in [-0.2, -0.15) is 0 Å². The van der Waals surface area contributed by atoms with Crippen molar-refractivity contribution in [3.63, 3.8) is 0 Å². The standard InChI is InChI=1S/C26H37N3O5S/c1-7-20(4)27-26(31)21(5)28(17-22-15-13-19(3)14-16-22)25(30)18-29(35(6,32)33)23-11-9-10-12-24(23)34-8-2/h9-16,20-21H,7-8,17-18H2,1-6H3,(H,27,31). The molecule has 0 aliphatic heterocycles. The molecule has 0 fully saturated rings. The van der Waals surface area contributed by atoms with Gasteiger partial charge in [0.15, 0.2) is 0 Å². The fourth-order valence-electron chi connectivity index (χ4n) is 3.47. The van der Waals surface area contributed by atoms with Gasteiger partial charge in [-0.15, -0.1) is 0 Å². The van der Waals surface area contributed by atoms with Crippen LogP contribution >= 0.6 is 0 Å². The first-order valence-corrected chi connectivity index (χ1v) is 13.7. The van der Waals surface area contributed by atoms with Crippen molar-refractivity contribution < 1.29 is 22.7 Å². The van der Waals surface area contributed by atoms with E-state index in [1.54, 1.807) is 38.1 Å². The minimum Gasteiger partial charge on any atom is -0.492 e. The van der Waals surface area contributed by atoms with Crippen LogP contribution in [0.5, 0.6) is 5.75 Å². The Morgan fingerprint density at radius 3 is 2.23 bits per heavy atom. The van der Waals surface area contributed by atoms with Crippen molar-refractivity contribution in [1.82, 2.24) is 10.2 Å². The van der Waals surface area contributed by atoms with Gasteiger partial charge in [-0.3, -0.25) is 13.9 Å². The van der Waals surface area contributed by atoms with Crippen molar-refractivity contribution in [2.45, 2.75) is 59.7 Å². The summed E-state index contributed by atoms with van der Waals surface area (Å²) in [5.41, 5.74) is 2.19. The molecular weight excluding hydrogens is 466 g/mol. The van der Waals surface area contributed by atoms with Gasteiger partial charge in [-0.1, -0.05) is 48.9 Å². The monoisotopic (exact) mass is 503 g/mol. The molecular formula is C26H37N3O5S. The molecule has 35 heavy (non-hydrogen) atoms. The Labute approximate surface area is 209 Å². The van der Waals surface area contributed by atoms with E-state index in [2.05, 4.69) is 5.32 Å². The Morgan fingerprint density at radius 1 is 1.03 bits per heavy atom. The summed E-state index contributed by atoms with van der Waals surface area (Å²) in [7, 11) is -3.83. The van der Waals surface area contributed by atoms with Crippen molar-refractivity contribution in [2.24, 2.45) is 0 Å². The molecule has 2 rings (SSSR count). The molecule has 1 N–H and O–H groups in total. The number of carbonyl (C=O) groups excluding carboxylic acids is 2. The number of aryl methyl sites for hydroxylation is 1. The maximum Gasteiger partial charge on any atom is 0.244 e. The van der Waals surface area contributed by atoms with Gasteiger partial charge in [0, 0.05) is 12.6 Å². The van der Waals surface area contributed by atoms with E-state index < -0.39 is 28.5 Å². The molecule has 8 nitrogen and oxygen atoms in total. The van der Waals surface area contributed by atoms with Gasteiger partial charge in [0.1, 0.15) is 18.3 Å². The van der Waals surface area contributed by atoms with Crippen LogP contribution in [0, 0.1) is 6.92 Å². The van der Waals surface area contributed by atoms with E-state index in [-0.39, 0.29) is 24.2 Å². The number of anilines is 1. The van der Waals surface area contributed by atoms with E-state index in [9.17, 15) is 18.0 Å². The summed E-state index contributed by atoms with van der Waals surface area (Å²) in [4.78, 5) is 28.0. The van der Waals surface area contributed by atoms with Crippen molar-refractivity contribution in [3.05, 3.63) is 59.7 Å². The molecule has 9 heteroatoms. The molecule has 2 atom stereocenters. The van der Waals surface area contributed by atoms with Crippen LogP contribution in [0.1, 0.15) is 45.2 Å². The summed E-state index contributed by atoms with van der Waals surface area (Å²) >= 11 is 0. The highest BCUT2D eigenvalue weighted by atomic mass is 32.2. The molecule has 0 heterocycles. The van der Waals surface area contributed by atoms with E-state index in [0.29, 0.717) is 12.4 Å². The largest absolute Gasteiger partial charge is 0.492 e. The molecule has 0 saturated heterocycles. The van der Waals surface area contributed by atoms with Crippen LogP contribution in [0.15, 0.2) is 48.5 Å². The van der Waals surface area contributed by atoms with Crippen LogP contribution in [0.4, 0.5) is 5.69 Å². The van der Waals surface area contributed by atoms with Crippen molar-refractivity contribution in [1.29, 1.82) is 0 Å². The maximum absolute atomic E-state index is 13.6. The van der Waals surface area contributed by atoms with Gasteiger partial charge >= 0.3 is 0 Å². The van der Waals surface area contributed by atoms with Crippen LogP contribution in [-0.4, -0.2) is 56.6 Å². The summed E-state index contributed by atoms with van der Waals surface area (Å²) < 4.78 is 32.1. The maximum atomic E-state index is 13.6. The van der Waals surface area contributed by atoms with Crippen molar-refractivity contribution >= 4 is 27.5 Å². The molecule has 0 aliphatic rings. The van der Waals surface area contributed by atoms with Crippen molar-refractivity contribution in [3.8, 4) is 5.75 Å². The van der Waals surface area contributed by atoms with Gasteiger partial charge in [-0.05, 0) is 51.8 Å². The highest BCUT2D eigenvalue weighted by Crippen LogP contribution is 2.30. The molecule has 2 aromatic carbocycles. The number of nitrogens with one attached hydrogen (secondary N) is 1. The summed E-state index contributed by atoms with van der Waals surface area (Å²) in [5, 5.41) is 2.92. The predicted molar refractivity (Wildman–Crippen MR) is 139 cm³/mol. The molecule has 0 saturated carbocycles. The first kappa shape index (κ1) is 28.2. The zero-order valence-electron chi connectivity index (χ0n) is 21.4. The van der Waals surface area contributed by atoms with E-state index in [0.717, 1.165) is 28.1 Å². The second kappa shape index (κ2) is 12.6. The summed E-state index contributed by atoms with van der Waals surface area (Å²) in [6, 6.07) is 13.5. The van der Waals surface area contributed by atoms with Crippen LogP contribution in [0.3, 0.4) is 0 Å². The quantitative estimate of drug-likeness (QED) is 0.478. The van der Waals surface area contributed by atoms with Crippen LogP contribution in [0.25, 0.3) is 0 Å². The molecule has 192 valence electrons. The Kier molecular flexibility index (Phi) is 10.1. The topological polar surface area (TPSA) is 96.0 Å². The zero-order chi connectivity index (χ0) is 26.2. The number of hydrogen-bond donors (Lipinski definition) is 1. The molecule has 0 aliphatic carbocycles. The minimum atomic E-state index is -3.83. The van der Waals surface area contributed by atoms with Crippen LogP contribution in [0.2, 0.25) is 0 Å². The number of carbonyl (C=O) groups is 2. The van der Waals surface area contributed by atoms with Gasteiger partial charge in [0.25, 0.3) is 0 Å². The average Bonchev–Trinajstić information content (AvgIpc) is 2.81. The highest BCUT2D eigenvalue weighted by molar-refractivity contribution is 7.92. The molecule has 0 radical (unpaired) electrons. The molecule has 2 aromatic rings. The number of ether oxygens (including phenoxy) is 1. The second-order valence-electron chi connectivity index (χ2n) is 8.67. The van der Waals surface area contributed by atoms with Gasteiger partial charge < -0.3 is 15.0 Å². The second-order valence-corrected chi connectivity index (χ2v) is 10.6. The lowest BCUT2D eigenvalue weighted by Gasteiger charge is -2.32. The Balaban J connectivity index is 2.42. The highest BCUT2D eigenvalue weighted by Gasteiger charge is 2.31. The van der Waals surface area contributed by atoms with Gasteiger partial charge in [0.2, 0.25) is 21.8 Å². The number of para-hydroxylation sites is 2. The SMILES string of the molecule is CCOc1ccccc1N(CC(=O)N(Cc1ccc(C)cc1)C(C)C(=O)NC(C)CC)S(C)(=O)=O. The predicted octanol–water partition coefficient (Wildman–Crippen LogP) is 3.49. The number of hydrogen-bond acceptors (Lipinski definition) is 5. The Morgan fingerprint density at radius 2 is 1.66 bits per heavy atom. The number of nitrogens with zero attached hydrogens (tertiary/aromatic N) is 2. The smallest absolute Gasteiger partial charge is 0.244 e. The van der Waals surface area contributed by atoms with Gasteiger partial charge in [-0.25, -0.2) is 8.42 Å². The third-order valence-electron chi connectivity index (χ3n) is 5.75. The lowest BCUT2D eigenvalue weighted by Crippen LogP contribution is -2.52. The Bertz CT molecular complexity index is 1100. The first-order chi connectivity index (χ1) is 16.5. The third kappa shape index (κ3) is 7.99. The average molecular weight is 504 g/mol. The molecule has 2 unspecified atom stereocenters. The third-order valence-corrected chi connectivity index (χ3v) is 6.88. The summed E-state index contributed by atoms with van der Waals surface area (Å²) in [6.45, 7) is 9.33. The lowest BCUT2D eigenvalue weighted by atomic mass is 10.1. The van der Waals surface area contributed by atoms with Crippen LogP contribution < -0.4 is 14.4 Å². The molecule has 0 spiro atoms. The van der Waals surface area contributed by atoms with Gasteiger partial charge in [0.05, 0.1) is 18.6 Å². The van der Waals surface area contributed by atoms with Crippen molar-refractivity contribution in [2.75, 3.05) is 23.7 Å². The van der Waals surface area contributed by atoms with E-state index in [1.165, 1.54) is 4.90 Å². The summed E-state index contributed by atoms with van der Waals surface area (Å²) in [5.74, 6) is -0.421. The first-order valence-electron chi connectivity index (χ1n) is 11.8. The normalized spacial score (nSPS) is 13.0. The molecule has 2 amide bonds. The molecule has 0 bridgehead atoms. The fourth-order valence-corrected chi connectivity index (χ4v) is 4.33. The number of sulfonamides is 1. The summed E-state index contributed by atoms with van der Waals surface area (Å²) in [6.07, 6.45) is 1.80. The molecule has 0 aromatic heterocycles. The van der Waals surface area contributed by atoms with Crippen LogP contribution in [-0.2, 0) is 26.2 Å². The lowest BCUT2D eigenvalue weighted by molar-refractivity contribution is -0.139. The fraction of sp³-hybridized carbons (Fsp3) is 0.462.